The molecule has 0 bridgehead atoms. The van der Waals surface area contributed by atoms with Crippen LogP contribution in [0.2, 0.25) is 0 Å². The standard InChI is InChI=1S/C21H23N3O4/c1-12(2)16-11-28-21-7-8-23(17(21)9-18(25)24(16)21)20(27)15-10-22-19(26)14-6-4-3-5-13(14)15/h3-6,10,12,16-17H,7-9,11H2,1-2H3,(H,22,26)/t16-,17+,21-/m0/s1. The summed E-state index contributed by atoms with van der Waals surface area (Å²) in [5.74, 6) is 0.195. The second kappa shape index (κ2) is 5.91. The van der Waals surface area contributed by atoms with E-state index in [0.717, 1.165) is 0 Å². The van der Waals surface area contributed by atoms with Gasteiger partial charge < -0.3 is 19.5 Å². The largest absolute Gasteiger partial charge is 0.351 e. The van der Waals surface area contributed by atoms with Crippen molar-refractivity contribution >= 4 is 22.6 Å². The number of ether oxygens (including phenoxy) is 1. The van der Waals surface area contributed by atoms with Crippen LogP contribution in [0.15, 0.2) is 35.3 Å². The van der Waals surface area contributed by atoms with Gasteiger partial charge in [-0.3, -0.25) is 14.4 Å². The number of aromatic nitrogens is 1. The van der Waals surface area contributed by atoms with E-state index in [2.05, 4.69) is 18.8 Å². The molecule has 3 aliphatic heterocycles. The number of pyridine rings is 1. The summed E-state index contributed by atoms with van der Waals surface area (Å²) in [7, 11) is 0. The predicted octanol–water partition coefficient (Wildman–Crippen LogP) is 1.73. The number of amides is 2. The normalized spacial score (nSPS) is 29.0. The molecule has 3 aliphatic rings. The number of fused-ring (bicyclic) bond motifs is 1. The monoisotopic (exact) mass is 381 g/mol. The van der Waals surface area contributed by atoms with E-state index < -0.39 is 5.72 Å². The van der Waals surface area contributed by atoms with Gasteiger partial charge >= 0.3 is 0 Å². The van der Waals surface area contributed by atoms with Crippen molar-refractivity contribution in [1.29, 1.82) is 0 Å². The molecule has 0 saturated carbocycles. The third-order valence-electron chi connectivity index (χ3n) is 6.56. The molecular formula is C21H23N3O4. The highest BCUT2D eigenvalue weighted by Crippen LogP contribution is 2.49. The highest BCUT2D eigenvalue weighted by molar-refractivity contribution is 6.07. The zero-order valence-corrected chi connectivity index (χ0v) is 16.0. The van der Waals surface area contributed by atoms with E-state index in [1.807, 2.05) is 11.0 Å². The van der Waals surface area contributed by atoms with Gasteiger partial charge in [0.25, 0.3) is 11.5 Å². The van der Waals surface area contributed by atoms with Crippen molar-refractivity contribution in [2.75, 3.05) is 13.2 Å². The maximum atomic E-state index is 13.4. The summed E-state index contributed by atoms with van der Waals surface area (Å²) in [4.78, 5) is 44.7. The van der Waals surface area contributed by atoms with Gasteiger partial charge in [-0.05, 0) is 12.0 Å². The molecule has 2 aromatic rings. The minimum absolute atomic E-state index is 0.0569. The fourth-order valence-electron chi connectivity index (χ4n) is 5.15. The van der Waals surface area contributed by atoms with Crippen molar-refractivity contribution in [3.05, 3.63) is 46.4 Å². The number of benzene rings is 1. The highest BCUT2D eigenvalue weighted by Gasteiger charge is 2.65. The van der Waals surface area contributed by atoms with Crippen molar-refractivity contribution < 1.29 is 14.3 Å². The van der Waals surface area contributed by atoms with Crippen LogP contribution in [0.5, 0.6) is 0 Å². The van der Waals surface area contributed by atoms with Gasteiger partial charge in [0.2, 0.25) is 5.91 Å². The Hall–Kier alpha value is -2.67. The van der Waals surface area contributed by atoms with Gasteiger partial charge in [-0.25, -0.2) is 0 Å². The quantitative estimate of drug-likeness (QED) is 0.859. The fourth-order valence-corrected chi connectivity index (χ4v) is 5.15. The average Bonchev–Trinajstić information content (AvgIpc) is 3.31. The van der Waals surface area contributed by atoms with Gasteiger partial charge in [0.05, 0.1) is 30.7 Å². The van der Waals surface area contributed by atoms with Gasteiger partial charge in [0.1, 0.15) is 0 Å². The summed E-state index contributed by atoms with van der Waals surface area (Å²) < 4.78 is 6.21. The van der Waals surface area contributed by atoms with Gasteiger partial charge in [0, 0.05) is 29.9 Å². The van der Waals surface area contributed by atoms with E-state index in [-0.39, 0.29) is 35.9 Å². The van der Waals surface area contributed by atoms with E-state index in [9.17, 15) is 14.4 Å². The number of nitrogens with zero attached hydrogens (tertiary/aromatic N) is 2. The summed E-state index contributed by atoms with van der Waals surface area (Å²) >= 11 is 0. The first-order chi connectivity index (χ1) is 13.4. The van der Waals surface area contributed by atoms with Gasteiger partial charge in [-0.1, -0.05) is 32.0 Å². The molecule has 7 nitrogen and oxygen atoms in total. The van der Waals surface area contributed by atoms with Crippen LogP contribution in [0, 0.1) is 5.92 Å². The van der Waals surface area contributed by atoms with E-state index in [1.54, 1.807) is 23.1 Å². The topological polar surface area (TPSA) is 82.7 Å². The number of likely N-dealkylation sites (tertiary alicyclic amines) is 1. The summed E-state index contributed by atoms with van der Waals surface area (Å²) in [6.07, 6.45) is 2.40. The second-order valence-electron chi connectivity index (χ2n) is 8.28. The molecule has 0 unspecified atom stereocenters. The summed E-state index contributed by atoms with van der Waals surface area (Å²) in [5.41, 5.74) is -0.456. The highest BCUT2D eigenvalue weighted by atomic mass is 16.5. The zero-order valence-electron chi connectivity index (χ0n) is 16.0. The van der Waals surface area contributed by atoms with Crippen LogP contribution in [0.3, 0.4) is 0 Å². The predicted molar refractivity (Wildman–Crippen MR) is 103 cm³/mol. The first-order valence-electron chi connectivity index (χ1n) is 9.81. The van der Waals surface area contributed by atoms with Crippen molar-refractivity contribution in [2.45, 2.75) is 44.5 Å². The molecule has 1 N–H and O–H groups in total. The van der Waals surface area contributed by atoms with E-state index in [1.165, 1.54) is 6.20 Å². The molecule has 1 spiro atoms. The number of nitrogens with one attached hydrogen (secondary N) is 1. The van der Waals surface area contributed by atoms with E-state index in [0.29, 0.717) is 41.8 Å². The lowest BCUT2D eigenvalue weighted by Crippen LogP contribution is -2.51. The smallest absolute Gasteiger partial charge is 0.256 e. The molecule has 1 aromatic heterocycles. The molecule has 28 heavy (non-hydrogen) atoms. The summed E-state index contributed by atoms with van der Waals surface area (Å²) in [6.45, 7) is 5.24. The number of aromatic amines is 1. The molecule has 4 heterocycles. The minimum atomic E-state index is -0.695. The van der Waals surface area contributed by atoms with Crippen LogP contribution in [0.4, 0.5) is 0 Å². The molecule has 146 valence electrons. The second-order valence-corrected chi connectivity index (χ2v) is 8.28. The van der Waals surface area contributed by atoms with Gasteiger partial charge in [0.15, 0.2) is 5.72 Å². The third-order valence-corrected chi connectivity index (χ3v) is 6.56. The number of hydrogen-bond donors (Lipinski definition) is 1. The molecule has 3 saturated heterocycles. The average molecular weight is 381 g/mol. The SMILES string of the molecule is CC(C)[C@@H]1CO[C@@]23CCN(C(=O)c4c[nH]c(=O)c5ccccc45)[C@@H]2CC(=O)N13. The van der Waals surface area contributed by atoms with Crippen molar-refractivity contribution in [3.8, 4) is 0 Å². The number of carbonyl (C=O) groups excluding carboxylic acids is 2. The molecule has 0 aliphatic carbocycles. The van der Waals surface area contributed by atoms with Crippen LogP contribution in [-0.2, 0) is 9.53 Å². The Labute approximate surface area is 162 Å². The van der Waals surface area contributed by atoms with Crippen LogP contribution < -0.4 is 5.56 Å². The number of H-pyrrole nitrogens is 1. The molecule has 3 fully saturated rings. The lowest BCUT2D eigenvalue weighted by Gasteiger charge is -2.34. The van der Waals surface area contributed by atoms with E-state index >= 15 is 0 Å². The van der Waals surface area contributed by atoms with Crippen LogP contribution >= 0.6 is 0 Å². The Bertz CT molecular complexity index is 1050. The molecule has 0 radical (unpaired) electrons. The molecule has 5 rings (SSSR count). The third kappa shape index (κ3) is 2.16. The van der Waals surface area contributed by atoms with Crippen molar-refractivity contribution in [1.82, 2.24) is 14.8 Å². The Kier molecular flexibility index (Phi) is 3.68. The Morgan fingerprint density at radius 3 is 2.75 bits per heavy atom. The fraction of sp³-hybridized carbons (Fsp3) is 0.476. The maximum Gasteiger partial charge on any atom is 0.256 e. The lowest BCUT2D eigenvalue weighted by atomic mass is 10.0. The molecule has 7 heteroatoms. The summed E-state index contributed by atoms with van der Waals surface area (Å²) in [6, 6.07) is 6.87. The minimum Gasteiger partial charge on any atom is -0.351 e. The first-order valence-corrected chi connectivity index (χ1v) is 9.81. The molecule has 1 aromatic carbocycles. The van der Waals surface area contributed by atoms with Crippen LogP contribution in [0.1, 0.15) is 37.0 Å². The number of hydrogen-bond acceptors (Lipinski definition) is 4. The first kappa shape index (κ1) is 17.4. The lowest BCUT2D eigenvalue weighted by molar-refractivity contribution is -0.139. The molecular weight excluding hydrogens is 358 g/mol. The number of rotatable bonds is 2. The van der Waals surface area contributed by atoms with Crippen LogP contribution in [-0.4, -0.2) is 57.6 Å². The van der Waals surface area contributed by atoms with Gasteiger partial charge in [-0.2, -0.15) is 0 Å². The molecule has 3 atom stereocenters. The Morgan fingerprint density at radius 1 is 1.25 bits per heavy atom. The van der Waals surface area contributed by atoms with Crippen molar-refractivity contribution in [3.63, 3.8) is 0 Å². The maximum absolute atomic E-state index is 13.4. The Balaban J connectivity index is 1.53. The summed E-state index contributed by atoms with van der Waals surface area (Å²) in [5, 5.41) is 1.12. The zero-order chi connectivity index (χ0) is 19.6. The Morgan fingerprint density at radius 2 is 2.00 bits per heavy atom. The molecule has 2 amide bonds. The van der Waals surface area contributed by atoms with Gasteiger partial charge in [-0.15, -0.1) is 0 Å². The van der Waals surface area contributed by atoms with Crippen molar-refractivity contribution in [2.24, 2.45) is 5.92 Å². The van der Waals surface area contributed by atoms with Crippen LogP contribution in [0.25, 0.3) is 10.8 Å². The van der Waals surface area contributed by atoms with E-state index in [4.69, 9.17) is 4.74 Å². The number of carbonyl (C=O) groups is 2.